The molecule has 4 rings (SSSR count). The van der Waals surface area contributed by atoms with Crippen LogP contribution in [0.3, 0.4) is 0 Å². The first-order valence-electron chi connectivity index (χ1n) is 8.68. The number of thiophene rings is 1. The van der Waals surface area contributed by atoms with E-state index in [0.717, 1.165) is 24.2 Å². The molecule has 3 aromatic rings. The Balaban J connectivity index is 1.47. The van der Waals surface area contributed by atoms with Gasteiger partial charge in [-0.3, -0.25) is 0 Å². The van der Waals surface area contributed by atoms with Gasteiger partial charge in [0.2, 0.25) is 21.7 Å². The zero-order valence-electron chi connectivity index (χ0n) is 14.4. The molecule has 2 heterocycles. The molecule has 1 saturated carbocycles. The summed E-state index contributed by atoms with van der Waals surface area (Å²) >= 11 is 1.10. The van der Waals surface area contributed by atoms with E-state index in [1.165, 1.54) is 25.0 Å². The van der Waals surface area contributed by atoms with Crippen LogP contribution in [0.15, 0.2) is 44.4 Å². The van der Waals surface area contributed by atoms with E-state index in [-0.39, 0.29) is 16.6 Å². The summed E-state index contributed by atoms with van der Waals surface area (Å²) in [6.45, 7) is 0.0872. The Bertz CT molecular complexity index is 1020. The zero-order chi connectivity index (χ0) is 18.9. The van der Waals surface area contributed by atoms with Crippen molar-refractivity contribution in [2.24, 2.45) is 0 Å². The third-order valence-electron chi connectivity index (χ3n) is 4.62. The molecule has 9 heteroatoms. The average molecular weight is 407 g/mol. The molecule has 27 heavy (non-hydrogen) atoms. The number of benzene rings is 1. The maximum absolute atomic E-state index is 12.9. The van der Waals surface area contributed by atoms with E-state index < -0.39 is 10.0 Å². The SMILES string of the molecule is O=S(=O)(NCc1ccc(F)cc1)c1cc(-c2noc(C3CCCC3)n2)cs1. The first-order valence-corrected chi connectivity index (χ1v) is 11.0. The van der Waals surface area contributed by atoms with Crippen LogP contribution in [0, 0.1) is 5.82 Å². The van der Waals surface area contributed by atoms with E-state index in [9.17, 15) is 12.8 Å². The fourth-order valence-electron chi connectivity index (χ4n) is 3.12. The molecule has 0 saturated heterocycles. The molecular weight excluding hydrogens is 389 g/mol. The van der Waals surface area contributed by atoms with E-state index in [0.29, 0.717) is 28.8 Å². The first-order chi connectivity index (χ1) is 13.0. The van der Waals surface area contributed by atoms with Crippen molar-refractivity contribution < 1.29 is 17.3 Å². The van der Waals surface area contributed by atoms with E-state index in [1.807, 2.05) is 0 Å². The highest BCUT2D eigenvalue weighted by molar-refractivity contribution is 7.91. The quantitative estimate of drug-likeness (QED) is 0.666. The summed E-state index contributed by atoms with van der Waals surface area (Å²) in [5.41, 5.74) is 1.30. The van der Waals surface area contributed by atoms with Gasteiger partial charge in [0.25, 0.3) is 0 Å². The number of hydrogen-bond donors (Lipinski definition) is 1. The Morgan fingerprint density at radius 1 is 1.22 bits per heavy atom. The van der Waals surface area contributed by atoms with Crippen LogP contribution in [0.1, 0.15) is 43.1 Å². The zero-order valence-corrected chi connectivity index (χ0v) is 16.0. The normalized spacial score (nSPS) is 15.4. The Kier molecular flexibility index (Phi) is 5.07. The molecule has 1 fully saturated rings. The smallest absolute Gasteiger partial charge is 0.250 e. The summed E-state index contributed by atoms with van der Waals surface area (Å²) < 4.78 is 46.0. The minimum atomic E-state index is -3.68. The Hall–Kier alpha value is -2.10. The van der Waals surface area contributed by atoms with Crippen LogP contribution < -0.4 is 4.72 Å². The monoisotopic (exact) mass is 407 g/mol. The Labute approximate surface area is 160 Å². The third kappa shape index (κ3) is 4.10. The van der Waals surface area contributed by atoms with Crippen molar-refractivity contribution in [3.8, 4) is 11.4 Å². The number of nitrogens with zero attached hydrogens (tertiary/aromatic N) is 2. The van der Waals surface area contributed by atoms with Gasteiger partial charge in [-0.25, -0.2) is 17.5 Å². The molecule has 2 aromatic heterocycles. The van der Waals surface area contributed by atoms with Gasteiger partial charge in [0.05, 0.1) is 0 Å². The van der Waals surface area contributed by atoms with Gasteiger partial charge < -0.3 is 4.52 Å². The van der Waals surface area contributed by atoms with Gasteiger partial charge in [-0.1, -0.05) is 30.1 Å². The van der Waals surface area contributed by atoms with Crippen molar-refractivity contribution in [3.63, 3.8) is 0 Å². The maximum atomic E-state index is 12.9. The van der Waals surface area contributed by atoms with Crippen molar-refractivity contribution in [2.75, 3.05) is 0 Å². The van der Waals surface area contributed by atoms with Crippen molar-refractivity contribution >= 4 is 21.4 Å². The van der Waals surface area contributed by atoms with Crippen LogP contribution in [0.25, 0.3) is 11.4 Å². The van der Waals surface area contributed by atoms with Gasteiger partial charge in [-0.2, -0.15) is 4.98 Å². The molecule has 1 aliphatic rings. The predicted octanol–water partition coefficient (Wildman–Crippen LogP) is 4.07. The fourth-order valence-corrected chi connectivity index (χ4v) is 5.34. The molecule has 0 bridgehead atoms. The molecule has 1 aliphatic carbocycles. The summed E-state index contributed by atoms with van der Waals surface area (Å²) in [6, 6.07) is 7.22. The number of halogens is 1. The van der Waals surface area contributed by atoms with E-state index >= 15 is 0 Å². The molecule has 0 spiro atoms. The molecule has 6 nitrogen and oxygen atoms in total. The molecule has 1 aromatic carbocycles. The molecule has 1 N–H and O–H groups in total. The number of sulfonamides is 1. The molecule has 0 aliphatic heterocycles. The van der Waals surface area contributed by atoms with Crippen molar-refractivity contribution in [1.82, 2.24) is 14.9 Å². The molecular formula is C18H18FN3O3S2. The lowest BCUT2D eigenvalue weighted by Gasteiger charge is -2.04. The second-order valence-electron chi connectivity index (χ2n) is 6.54. The van der Waals surface area contributed by atoms with Gasteiger partial charge >= 0.3 is 0 Å². The Morgan fingerprint density at radius 3 is 2.70 bits per heavy atom. The van der Waals surface area contributed by atoms with Crippen LogP contribution in [0.4, 0.5) is 4.39 Å². The summed E-state index contributed by atoms with van der Waals surface area (Å²) in [5.74, 6) is 0.993. The topological polar surface area (TPSA) is 85.1 Å². The number of aromatic nitrogens is 2. The molecule has 0 unspecified atom stereocenters. The lowest BCUT2D eigenvalue weighted by atomic mass is 10.1. The highest BCUT2D eigenvalue weighted by Gasteiger charge is 2.24. The first kappa shape index (κ1) is 18.3. The second kappa shape index (κ2) is 7.49. The minimum Gasteiger partial charge on any atom is -0.339 e. The molecule has 0 amide bonds. The second-order valence-corrected chi connectivity index (χ2v) is 9.45. The van der Waals surface area contributed by atoms with Crippen molar-refractivity contribution in [1.29, 1.82) is 0 Å². The van der Waals surface area contributed by atoms with Crippen LogP contribution in [0.2, 0.25) is 0 Å². The molecule has 0 atom stereocenters. The van der Waals surface area contributed by atoms with Crippen molar-refractivity contribution in [3.05, 3.63) is 53.0 Å². The van der Waals surface area contributed by atoms with Gasteiger partial charge in [-0.15, -0.1) is 11.3 Å². The standard InChI is InChI=1S/C18H18FN3O3S2/c19-15-7-5-12(6-8-15)10-20-27(23,24)16-9-14(11-26-16)17-21-18(25-22-17)13-3-1-2-4-13/h5-9,11,13,20H,1-4,10H2. The minimum absolute atomic E-state index is 0.0872. The lowest BCUT2D eigenvalue weighted by Crippen LogP contribution is -2.22. The third-order valence-corrected chi connectivity index (χ3v) is 7.46. The van der Waals surface area contributed by atoms with Gasteiger partial charge in [0.1, 0.15) is 10.0 Å². The predicted molar refractivity (Wildman–Crippen MR) is 99.2 cm³/mol. The maximum Gasteiger partial charge on any atom is 0.250 e. The number of rotatable bonds is 6. The molecule has 0 radical (unpaired) electrons. The van der Waals surface area contributed by atoms with E-state index in [2.05, 4.69) is 14.9 Å². The Morgan fingerprint density at radius 2 is 1.96 bits per heavy atom. The van der Waals surface area contributed by atoms with Gasteiger partial charge in [0.15, 0.2) is 0 Å². The van der Waals surface area contributed by atoms with Crippen LogP contribution in [-0.4, -0.2) is 18.6 Å². The lowest BCUT2D eigenvalue weighted by molar-refractivity contribution is 0.354. The molecule has 142 valence electrons. The van der Waals surface area contributed by atoms with Crippen LogP contribution in [-0.2, 0) is 16.6 Å². The number of nitrogens with one attached hydrogen (secondary N) is 1. The number of hydrogen-bond acceptors (Lipinski definition) is 6. The fraction of sp³-hybridized carbons (Fsp3) is 0.333. The largest absolute Gasteiger partial charge is 0.339 e. The highest BCUT2D eigenvalue weighted by atomic mass is 32.2. The summed E-state index contributed by atoms with van der Waals surface area (Å²) in [4.78, 5) is 4.44. The summed E-state index contributed by atoms with van der Waals surface area (Å²) in [7, 11) is -3.68. The summed E-state index contributed by atoms with van der Waals surface area (Å²) in [6.07, 6.45) is 4.45. The highest BCUT2D eigenvalue weighted by Crippen LogP contribution is 2.34. The van der Waals surface area contributed by atoms with Crippen LogP contribution in [0.5, 0.6) is 0 Å². The van der Waals surface area contributed by atoms with Gasteiger partial charge in [0, 0.05) is 23.4 Å². The van der Waals surface area contributed by atoms with E-state index in [1.54, 1.807) is 23.6 Å². The van der Waals surface area contributed by atoms with Gasteiger partial charge in [-0.05, 0) is 36.6 Å². The average Bonchev–Trinajstić information content (AvgIpc) is 3.41. The van der Waals surface area contributed by atoms with Crippen LogP contribution >= 0.6 is 11.3 Å². The van der Waals surface area contributed by atoms with Crippen molar-refractivity contribution in [2.45, 2.75) is 42.4 Å². The van der Waals surface area contributed by atoms with E-state index in [4.69, 9.17) is 4.52 Å². The summed E-state index contributed by atoms with van der Waals surface area (Å²) in [5, 5.41) is 5.70.